The highest BCUT2D eigenvalue weighted by molar-refractivity contribution is 7.98. The molecule has 0 atom stereocenters. The molecule has 0 aliphatic heterocycles. The Bertz CT molecular complexity index is 592. The van der Waals surface area contributed by atoms with Crippen molar-refractivity contribution >= 4 is 23.4 Å². The molecule has 2 heterocycles. The Morgan fingerprint density at radius 1 is 1.35 bits per heavy atom. The van der Waals surface area contributed by atoms with Gasteiger partial charge in [-0.2, -0.15) is 0 Å². The van der Waals surface area contributed by atoms with Crippen molar-refractivity contribution in [3.63, 3.8) is 0 Å². The van der Waals surface area contributed by atoms with Crippen LogP contribution in [0.15, 0.2) is 16.0 Å². The van der Waals surface area contributed by atoms with Crippen LogP contribution in [0.3, 0.4) is 0 Å². The first-order valence-electron chi connectivity index (χ1n) is 4.96. The maximum atomic E-state index is 11.2. The van der Waals surface area contributed by atoms with Crippen LogP contribution in [0.4, 0.5) is 0 Å². The Labute approximate surface area is 107 Å². The van der Waals surface area contributed by atoms with E-state index >= 15 is 0 Å². The van der Waals surface area contributed by atoms with Gasteiger partial charge in [-0.25, -0.2) is 9.97 Å². The number of aromatic nitrogens is 4. The predicted molar refractivity (Wildman–Crippen MR) is 67.5 cm³/mol. The molecule has 7 heteroatoms. The van der Waals surface area contributed by atoms with E-state index in [4.69, 9.17) is 11.6 Å². The Morgan fingerprint density at radius 3 is 2.71 bits per heavy atom. The van der Waals surface area contributed by atoms with Crippen LogP contribution in [0.25, 0.3) is 0 Å². The third kappa shape index (κ3) is 3.10. The quantitative estimate of drug-likeness (QED) is 0.661. The first kappa shape index (κ1) is 12.2. The van der Waals surface area contributed by atoms with Crippen molar-refractivity contribution in [3.8, 4) is 0 Å². The average Bonchev–Trinajstić information content (AvgIpc) is 2.53. The molecule has 0 saturated heterocycles. The zero-order valence-corrected chi connectivity index (χ0v) is 10.9. The topological polar surface area (TPSA) is 74.4 Å². The normalized spacial score (nSPS) is 10.8. The van der Waals surface area contributed by atoms with Gasteiger partial charge in [0.2, 0.25) is 0 Å². The summed E-state index contributed by atoms with van der Waals surface area (Å²) in [5.41, 5.74) is 2.35. The van der Waals surface area contributed by atoms with Crippen molar-refractivity contribution < 1.29 is 0 Å². The van der Waals surface area contributed by atoms with E-state index in [1.165, 1.54) is 17.8 Å². The van der Waals surface area contributed by atoms with Gasteiger partial charge in [0.05, 0.1) is 5.69 Å². The van der Waals surface area contributed by atoms with Crippen LogP contribution in [0.5, 0.6) is 0 Å². The Morgan fingerprint density at radius 2 is 2.12 bits per heavy atom. The van der Waals surface area contributed by atoms with Gasteiger partial charge in [-0.15, -0.1) is 0 Å². The molecule has 0 fully saturated rings. The molecule has 0 aliphatic carbocycles. The Hall–Kier alpha value is -1.27. The molecule has 0 unspecified atom stereocenters. The molecular weight excluding hydrogens is 260 g/mol. The van der Waals surface area contributed by atoms with Gasteiger partial charge < -0.3 is 9.97 Å². The summed E-state index contributed by atoms with van der Waals surface area (Å²) in [5.74, 6) is 0.613. The maximum Gasteiger partial charge on any atom is 0.251 e. The Balaban J connectivity index is 2.12. The molecule has 2 N–H and O–H groups in total. The molecule has 90 valence electrons. The lowest BCUT2D eigenvalue weighted by molar-refractivity contribution is 0.904. The van der Waals surface area contributed by atoms with E-state index < -0.39 is 0 Å². The number of rotatable bonds is 3. The van der Waals surface area contributed by atoms with Gasteiger partial charge in [-0.3, -0.25) is 4.79 Å². The molecule has 0 radical (unpaired) electrons. The molecule has 2 aromatic rings. The van der Waals surface area contributed by atoms with Crippen LogP contribution < -0.4 is 5.56 Å². The van der Waals surface area contributed by atoms with E-state index in [2.05, 4.69) is 19.9 Å². The lowest BCUT2D eigenvalue weighted by atomic mass is 10.4. The molecule has 0 spiro atoms. The number of H-pyrrole nitrogens is 2. The fourth-order valence-electron chi connectivity index (χ4n) is 1.35. The summed E-state index contributed by atoms with van der Waals surface area (Å²) >= 11 is 7.17. The summed E-state index contributed by atoms with van der Waals surface area (Å²) in [4.78, 5) is 25.2. The average molecular weight is 271 g/mol. The second-order valence-electron chi connectivity index (χ2n) is 3.58. The number of nitrogens with one attached hydrogen (secondary N) is 2. The Kier molecular flexibility index (Phi) is 3.54. The molecule has 5 nitrogen and oxygen atoms in total. The third-order valence-corrected chi connectivity index (χ3v) is 3.21. The minimum Gasteiger partial charge on any atom is -0.333 e. The molecule has 0 bridgehead atoms. The van der Waals surface area contributed by atoms with Gasteiger partial charge in [0.15, 0.2) is 10.4 Å². The summed E-state index contributed by atoms with van der Waals surface area (Å²) in [6.45, 7) is 3.69. The van der Waals surface area contributed by atoms with Crippen LogP contribution in [-0.4, -0.2) is 19.9 Å². The van der Waals surface area contributed by atoms with Crippen LogP contribution >= 0.6 is 23.4 Å². The van der Waals surface area contributed by atoms with Crippen LogP contribution in [0.2, 0.25) is 5.28 Å². The van der Waals surface area contributed by atoms with E-state index in [1.807, 2.05) is 6.92 Å². The summed E-state index contributed by atoms with van der Waals surface area (Å²) in [6.07, 6.45) is 0. The lowest BCUT2D eigenvalue weighted by Gasteiger charge is -2.00. The lowest BCUT2D eigenvalue weighted by Crippen LogP contribution is -2.08. The zero-order valence-electron chi connectivity index (χ0n) is 9.37. The first-order chi connectivity index (χ1) is 8.04. The largest absolute Gasteiger partial charge is 0.333 e. The summed E-state index contributed by atoms with van der Waals surface area (Å²) < 4.78 is 0. The highest BCUT2D eigenvalue weighted by Gasteiger charge is 2.07. The molecular formula is C10H11ClN4OS. The van der Waals surface area contributed by atoms with Crippen molar-refractivity contribution in [2.75, 3.05) is 0 Å². The van der Waals surface area contributed by atoms with Gasteiger partial charge in [0.1, 0.15) is 0 Å². The van der Waals surface area contributed by atoms with E-state index in [0.717, 1.165) is 11.4 Å². The number of thioether (sulfide) groups is 1. The molecule has 0 aromatic carbocycles. The monoisotopic (exact) mass is 270 g/mol. The fraction of sp³-hybridized carbons (Fsp3) is 0.300. The minimum absolute atomic E-state index is 0.142. The zero-order chi connectivity index (χ0) is 12.4. The second-order valence-corrected chi connectivity index (χ2v) is 4.90. The SMILES string of the molecule is Cc1cc(=O)[nH]c(SCc2nc(Cl)[nH]c2C)n1. The summed E-state index contributed by atoms with van der Waals surface area (Å²) in [6, 6.07) is 1.46. The van der Waals surface area contributed by atoms with Gasteiger partial charge in [-0.1, -0.05) is 11.8 Å². The van der Waals surface area contributed by atoms with Crippen molar-refractivity contribution in [1.82, 2.24) is 19.9 Å². The van der Waals surface area contributed by atoms with E-state index in [0.29, 0.717) is 21.9 Å². The van der Waals surface area contributed by atoms with E-state index in [1.54, 1.807) is 6.92 Å². The number of halogens is 1. The molecule has 2 aromatic heterocycles. The van der Waals surface area contributed by atoms with Gasteiger partial charge in [-0.05, 0) is 25.4 Å². The minimum atomic E-state index is -0.142. The van der Waals surface area contributed by atoms with Crippen LogP contribution in [0.1, 0.15) is 17.1 Å². The van der Waals surface area contributed by atoms with Crippen molar-refractivity contribution in [1.29, 1.82) is 0 Å². The number of aryl methyl sites for hydroxylation is 2. The highest BCUT2D eigenvalue weighted by atomic mass is 35.5. The van der Waals surface area contributed by atoms with E-state index in [9.17, 15) is 4.79 Å². The van der Waals surface area contributed by atoms with E-state index in [-0.39, 0.29) is 5.56 Å². The fourth-order valence-corrected chi connectivity index (χ4v) is 2.53. The summed E-state index contributed by atoms with van der Waals surface area (Å²) in [5, 5.41) is 0.970. The maximum absolute atomic E-state index is 11.2. The van der Waals surface area contributed by atoms with Crippen molar-refractivity contribution in [2.24, 2.45) is 0 Å². The molecule has 0 aliphatic rings. The second kappa shape index (κ2) is 4.93. The number of aromatic amines is 2. The van der Waals surface area contributed by atoms with Crippen LogP contribution in [-0.2, 0) is 5.75 Å². The van der Waals surface area contributed by atoms with Gasteiger partial charge >= 0.3 is 0 Å². The molecule has 17 heavy (non-hydrogen) atoms. The standard InChI is InChI=1S/C10H11ClN4OS/c1-5-3-8(16)15-10(12-5)17-4-7-6(2)13-9(11)14-7/h3H,4H2,1-2H3,(H,13,14)(H,12,15,16). The number of nitrogens with zero attached hydrogens (tertiary/aromatic N) is 2. The van der Waals surface area contributed by atoms with Crippen molar-refractivity contribution in [3.05, 3.63) is 38.8 Å². The summed E-state index contributed by atoms with van der Waals surface area (Å²) in [7, 11) is 0. The van der Waals surface area contributed by atoms with Crippen molar-refractivity contribution in [2.45, 2.75) is 24.8 Å². The molecule has 0 amide bonds. The molecule has 0 saturated carbocycles. The van der Waals surface area contributed by atoms with Crippen LogP contribution in [0, 0.1) is 13.8 Å². The highest BCUT2D eigenvalue weighted by Crippen LogP contribution is 2.20. The molecule has 2 rings (SSSR count). The van der Waals surface area contributed by atoms with Gasteiger partial charge in [0, 0.05) is 23.2 Å². The number of hydrogen-bond donors (Lipinski definition) is 2. The smallest absolute Gasteiger partial charge is 0.251 e. The predicted octanol–water partition coefficient (Wildman–Crippen LogP) is 2.06. The number of imidazole rings is 1. The number of hydrogen-bond acceptors (Lipinski definition) is 4. The third-order valence-electron chi connectivity index (χ3n) is 2.15. The van der Waals surface area contributed by atoms with Gasteiger partial charge in [0.25, 0.3) is 5.56 Å². The first-order valence-corrected chi connectivity index (χ1v) is 6.32.